The molecule has 1 saturated carbocycles. The average Bonchev–Trinajstić information content (AvgIpc) is 2.98. The van der Waals surface area contributed by atoms with Crippen molar-refractivity contribution >= 4 is 0 Å². The average molecular weight is 198 g/mol. The van der Waals surface area contributed by atoms with E-state index in [-0.39, 0.29) is 0 Å². The van der Waals surface area contributed by atoms with Gasteiger partial charge in [0.25, 0.3) is 0 Å². The minimum absolute atomic E-state index is 0.750. The molecular weight excluding hydrogens is 172 g/mol. The van der Waals surface area contributed by atoms with Crippen LogP contribution < -0.4 is 5.32 Å². The Labute approximate surface area is 89.1 Å². The van der Waals surface area contributed by atoms with Crippen LogP contribution in [0, 0.1) is 5.92 Å². The fourth-order valence-corrected chi connectivity index (χ4v) is 1.92. The molecule has 0 aliphatic heterocycles. The lowest BCUT2D eigenvalue weighted by Crippen LogP contribution is -2.36. The molecule has 1 atom stereocenters. The van der Waals surface area contributed by atoms with E-state index in [1.54, 1.807) is 0 Å². The SMILES string of the molecule is CCNCCC(C)N(CC)CC1CC1. The second kappa shape index (κ2) is 6.41. The molecule has 0 heterocycles. The summed E-state index contributed by atoms with van der Waals surface area (Å²) in [4.78, 5) is 2.63. The molecule has 1 aliphatic rings. The van der Waals surface area contributed by atoms with Crippen molar-refractivity contribution in [1.29, 1.82) is 0 Å². The maximum absolute atomic E-state index is 3.40. The molecular formula is C12H26N2. The van der Waals surface area contributed by atoms with E-state index >= 15 is 0 Å². The maximum atomic E-state index is 3.40. The Balaban J connectivity index is 2.13. The minimum atomic E-state index is 0.750. The Kier molecular flexibility index (Phi) is 5.49. The number of hydrogen-bond donors (Lipinski definition) is 1. The van der Waals surface area contributed by atoms with E-state index in [0.717, 1.165) is 18.5 Å². The Morgan fingerprint density at radius 3 is 2.57 bits per heavy atom. The fourth-order valence-electron chi connectivity index (χ4n) is 1.92. The van der Waals surface area contributed by atoms with Crippen molar-refractivity contribution in [2.45, 2.75) is 46.1 Å². The number of nitrogens with zero attached hydrogens (tertiary/aromatic N) is 1. The van der Waals surface area contributed by atoms with Crippen LogP contribution in [-0.4, -0.2) is 37.1 Å². The summed E-state index contributed by atoms with van der Waals surface area (Å²) in [5, 5.41) is 3.40. The molecule has 0 amide bonds. The normalized spacial score (nSPS) is 18.9. The van der Waals surface area contributed by atoms with E-state index in [1.165, 1.54) is 38.9 Å². The number of nitrogens with one attached hydrogen (secondary N) is 1. The number of rotatable bonds is 8. The third-order valence-corrected chi connectivity index (χ3v) is 3.21. The summed E-state index contributed by atoms with van der Waals surface area (Å²) in [5.41, 5.74) is 0. The van der Waals surface area contributed by atoms with Crippen molar-refractivity contribution in [1.82, 2.24) is 10.2 Å². The van der Waals surface area contributed by atoms with E-state index in [1.807, 2.05) is 0 Å². The van der Waals surface area contributed by atoms with Gasteiger partial charge >= 0.3 is 0 Å². The molecule has 0 aromatic heterocycles. The van der Waals surface area contributed by atoms with Gasteiger partial charge in [0.15, 0.2) is 0 Å². The quantitative estimate of drug-likeness (QED) is 0.601. The standard InChI is InChI=1S/C12H26N2/c1-4-13-9-8-11(3)14(5-2)10-12-6-7-12/h11-13H,4-10H2,1-3H3. The van der Waals surface area contributed by atoms with Crippen LogP contribution in [0.5, 0.6) is 0 Å². The molecule has 2 nitrogen and oxygen atoms in total. The van der Waals surface area contributed by atoms with Crippen molar-refractivity contribution in [2.24, 2.45) is 5.92 Å². The Bertz CT molecular complexity index is 143. The highest BCUT2D eigenvalue weighted by Gasteiger charge is 2.25. The van der Waals surface area contributed by atoms with Crippen LogP contribution in [0.15, 0.2) is 0 Å². The first-order chi connectivity index (χ1) is 6.77. The molecule has 2 heteroatoms. The summed E-state index contributed by atoms with van der Waals surface area (Å²) in [6, 6.07) is 0.750. The van der Waals surface area contributed by atoms with Crippen LogP contribution in [0.4, 0.5) is 0 Å². The van der Waals surface area contributed by atoms with Crippen LogP contribution in [0.25, 0.3) is 0 Å². The van der Waals surface area contributed by atoms with E-state index in [9.17, 15) is 0 Å². The van der Waals surface area contributed by atoms with Crippen molar-refractivity contribution in [3.63, 3.8) is 0 Å². The molecule has 1 fully saturated rings. The summed E-state index contributed by atoms with van der Waals surface area (Å²) in [6.07, 6.45) is 4.22. The topological polar surface area (TPSA) is 15.3 Å². The largest absolute Gasteiger partial charge is 0.317 e. The van der Waals surface area contributed by atoms with Gasteiger partial charge in [-0.3, -0.25) is 0 Å². The van der Waals surface area contributed by atoms with Gasteiger partial charge < -0.3 is 10.2 Å². The van der Waals surface area contributed by atoms with E-state index in [4.69, 9.17) is 0 Å². The van der Waals surface area contributed by atoms with Crippen LogP contribution in [0.3, 0.4) is 0 Å². The van der Waals surface area contributed by atoms with E-state index < -0.39 is 0 Å². The highest BCUT2D eigenvalue weighted by atomic mass is 15.1. The van der Waals surface area contributed by atoms with Crippen LogP contribution in [0.1, 0.15) is 40.0 Å². The van der Waals surface area contributed by atoms with Crippen LogP contribution in [0.2, 0.25) is 0 Å². The summed E-state index contributed by atoms with van der Waals surface area (Å²) < 4.78 is 0. The fraction of sp³-hybridized carbons (Fsp3) is 1.00. The van der Waals surface area contributed by atoms with Gasteiger partial charge in [-0.2, -0.15) is 0 Å². The van der Waals surface area contributed by atoms with Gasteiger partial charge in [-0.05, 0) is 51.7 Å². The van der Waals surface area contributed by atoms with Gasteiger partial charge in [-0.25, -0.2) is 0 Å². The zero-order chi connectivity index (χ0) is 10.4. The molecule has 0 aromatic rings. The van der Waals surface area contributed by atoms with Crippen molar-refractivity contribution in [2.75, 3.05) is 26.2 Å². The molecule has 1 aliphatic carbocycles. The molecule has 1 N–H and O–H groups in total. The lowest BCUT2D eigenvalue weighted by atomic mass is 10.2. The Morgan fingerprint density at radius 1 is 1.36 bits per heavy atom. The number of hydrogen-bond acceptors (Lipinski definition) is 2. The van der Waals surface area contributed by atoms with Crippen molar-refractivity contribution in [3.05, 3.63) is 0 Å². The lowest BCUT2D eigenvalue weighted by Gasteiger charge is -2.27. The molecule has 1 unspecified atom stereocenters. The van der Waals surface area contributed by atoms with E-state index in [2.05, 4.69) is 31.0 Å². The van der Waals surface area contributed by atoms with Crippen molar-refractivity contribution in [3.8, 4) is 0 Å². The monoisotopic (exact) mass is 198 g/mol. The van der Waals surface area contributed by atoms with Gasteiger partial charge in [0.05, 0.1) is 0 Å². The van der Waals surface area contributed by atoms with Gasteiger partial charge in [0.1, 0.15) is 0 Å². The summed E-state index contributed by atoms with van der Waals surface area (Å²) in [5.74, 6) is 1.02. The van der Waals surface area contributed by atoms with Crippen molar-refractivity contribution < 1.29 is 0 Å². The highest BCUT2D eigenvalue weighted by Crippen LogP contribution is 2.30. The van der Waals surface area contributed by atoms with E-state index in [0.29, 0.717) is 0 Å². The summed E-state index contributed by atoms with van der Waals surface area (Å²) >= 11 is 0. The molecule has 84 valence electrons. The van der Waals surface area contributed by atoms with Crippen LogP contribution in [-0.2, 0) is 0 Å². The maximum Gasteiger partial charge on any atom is 0.00790 e. The first-order valence-corrected chi connectivity index (χ1v) is 6.22. The van der Waals surface area contributed by atoms with Gasteiger partial charge in [0, 0.05) is 12.6 Å². The summed E-state index contributed by atoms with van der Waals surface area (Å²) in [6.45, 7) is 11.6. The second-order valence-electron chi connectivity index (χ2n) is 4.52. The molecule has 1 rings (SSSR count). The second-order valence-corrected chi connectivity index (χ2v) is 4.52. The first kappa shape index (κ1) is 12.0. The first-order valence-electron chi connectivity index (χ1n) is 6.22. The zero-order valence-electron chi connectivity index (χ0n) is 10.1. The van der Waals surface area contributed by atoms with Crippen LogP contribution >= 0.6 is 0 Å². The molecule has 0 bridgehead atoms. The Hall–Kier alpha value is -0.0800. The molecule has 0 saturated heterocycles. The molecule has 14 heavy (non-hydrogen) atoms. The third kappa shape index (κ3) is 4.43. The predicted molar refractivity (Wildman–Crippen MR) is 62.6 cm³/mol. The summed E-state index contributed by atoms with van der Waals surface area (Å²) in [7, 11) is 0. The molecule has 0 radical (unpaired) electrons. The third-order valence-electron chi connectivity index (χ3n) is 3.21. The predicted octanol–water partition coefficient (Wildman–Crippen LogP) is 2.11. The minimum Gasteiger partial charge on any atom is -0.317 e. The zero-order valence-corrected chi connectivity index (χ0v) is 10.1. The molecule has 0 aromatic carbocycles. The molecule has 0 spiro atoms. The highest BCUT2D eigenvalue weighted by molar-refractivity contribution is 4.79. The lowest BCUT2D eigenvalue weighted by molar-refractivity contribution is 0.201. The van der Waals surface area contributed by atoms with Gasteiger partial charge in [-0.15, -0.1) is 0 Å². The van der Waals surface area contributed by atoms with Gasteiger partial charge in [-0.1, -0.05) is 13.8 Å². The smallest absolute Gasteiger partial charge is 0.00790 e. The van der Waals surface area contributed by atoms with Gasteiger partial charge in [0.2, 0.25) is 0 Å². The Morgan fingerprint density at radius 2 is 2.07 bits per heavy atom.